The minimum atomic E-state index is -0.114. The zero-order valence-electron chi connectivity index (χ0n) is 11.8. The van der Waals surface area contributed by atoms with Crippen molar-refractivity contribution in [2.75, 3.05) is 7.05 Å². The molecule has 0 aliphatic heterocycles. The van der Waals surface area contributed by atoms with Gasteiger partial charge in [-0.3, -0.25) is 4.79 Å². The van der Waals surface area contributed by atoms with Gasteiger partial charge >= 0.3 is 0 Å². The number of H-pyrrole nitrogens is 1. The smallest absolute Gasteiger partial charge is 0.244 e. The highest BCUT2D eigenvalue weighted by atomic mass is 16.1. The van der Waals surface area contributed by atoms with E-state index in [1.165, 1.54) is 0 Å². The predicted molar refractivity (Wildman–Crippen MR) is 85.9 cm³/mol. The topological polar surface area (TPSA) is 44.9 Å². The second-order valence-corrected chi connectivity index (χ2v) is 4.79. The number of hydrogen-bond acceptors (Lipinski definition) is 1. The molecule has 2 N–H and O–H groups in total. The Morgan fingerprint density at radius 3 is 2.62 bits per heavy atom. The zero-order chi connectivity index (χ0) is 14.7. The van der Waals surface area contributed by atoms with Gasteiger partial charge in [0.05, 0.1) is 5.52 Å². The molecule has 1 aromatic heterocycles. The number of benzene rings is 2. The molecule has 3 aromatic rings. The number of nitrogens with one attached hydrogen (secondary N) is 2. The van der Waals surface area contributed by atoms with Gasteiger partial charge in [-0.1, -0.05) is 48.5 Å². The first kappa shape index (κ1) is 13.2. The van der Waals surface area contributed by atoms with E-state index in [4.69, 9.17) is 0 Å². The predicted octanol–water partition coefficient (Wildman–Crippen LogP) is 3.35. The van der Waals surface area contributed by atoms with Crippen LogP contribution in [0.4, 0.5) is 0 Å². The Bertz CT molecular complexity index is 800. The molecule has 3 heteroatoms. The van der Waals surface area contributed by atoms with Crippen LogP contribution >= 0.6 is 0 Å². The minimum absolute atomic E-state index is 0.114. The Balaban J connectivity index is 2.23. The van der Waals surface area contributed by atoms with Crippen LogP contribution in [0.2, 0.25) is 0 Å². The summed E-state index contributed by atoms with van der Waals surface area (Å²) in [5, 5.41) is 3.78. The van der Waals surface area contributed by atoms with Gasteiger partial charge in [-0.2, -0.15) is 0 Å². The van der Waals surface area contributed by atoms with Crippen LogP contribution in [0.15, 0.2) is 66.9 Å². The van der Waals surface area contributed by atoms with Crippen LogP contribution in [-0.2, 0) is 4.79 Å². The van der Waals surface area contributed by atoms with Crippen molar-refractivity contribution in [3.8, 4) is 0 Å². The van der Waals surface area contributed by atoms with E-state index in [1.807, 2.05) is 54.7 Å². The molecule has 0 fully saturated rings. The van der Waals surface area contributed by atoms with Gasteiger partial charge in [0.15, 0.2) is 0 Å². The Morgan fingerprint density at radius 2 is 1.86 bits per heavy atom. The number of rotatable bonds is 3. The first-order valence-corrected chi connectivity index (χ1v) is 6.85. The monoisotopic (exact) mass is 276 g/mol. The maximum absolute atomic E-state index is 11.8. The molecular weight excluding hydrogens is 260 g/mol. The largest absolute Gasteiger partial charge is 0.361 e. The van der Waals surface area contributed by atoms with Crippen LogP contribution in [0.1, 0.15) is 11.1 Å². The number of likely N-dealkylation sites (N-methyl/N-ethyl adjacent to an activating group) is 1. The van der Waals surface area contributed by atoms with E-state index in [0.717, 1.165) is 27.6 Å². The number of aromatic nitrogens is 1. The molecule has 0 atom stereocenters. The molecule has 104 valence electrons. The van der Waals surface area contributed by atoms with Crippen LogP contribution in [0.25, 0.3) is 16.5 Å². The van der Waals surface area contributed by atoms with Crippen LogP contribution in [-0.4, -0.2) is 17.9 Å². The van der Waals surface area contributed by atoms with Crippen molar-refractivity contribution < 1.29 is 4.79 Å². The lowest BCUT2D eigenvalue weighted by molar-refractivity contribution is -0.116. The van der Waals surface area contributed by atoms with Gasteiger partial charge < -0.3 is 10.3 Å². The Kier molecular flexibility index (Phi) is 3.56. The Labute approximate surface area is 123 Å². The van der Waals surface area contributed by atoms with Crippen LogP contribution in [0.3, 0.4) is 0 Å². The van der Waals surface area contributed by atoms with E-state index in [9.17, 15) is 4.79 Å². The van der Waals surface area contributed by atoms with Crippen molar-refractivity contribution in [1.29, 1.82) is 0 Å². The van der Waals surface area contributed by atoms with Gasteiger partial charge in [-0.05, 0) is 22.6 Å². The average molecular weight is 276 g/mol. The number of amides is 1. The van der Waals surface area contributed by atoms with Crippen molar-refractivity contribution in [2.24, 2.45) is 0 Å². The minimum Gasteiger partial charge on any atom is -0.361 e. The quantitative estimate of drug-likeness (QED) is 0.708. The van der Waals surface area contributed by atoms with Crippen LogP contribution in [0, 0.1) is 0 Å². The molecular formula is C18H16N2O. The third-order valence-corrected chi connectivity index (χ3v) is 3.48. The number of carbonyl (C=O) groups is 1. The van der Waals surface area contributed by atoms with E-state index in [0.29, 0.717) is 0 Å². The summed E-state index contributed by atoms with van der Waals surface area (Å²) in [6.07, 6.45) is 3.56. The second-order valence-electron chi connectivity index (χ2n) is 4.79. The maximum atomic E-state index is 11.8. The molecule has 0 radical (unpaired) electrons. The van der Waals surface area contributed by atoms with Crippen LogP contribution < -0.4 is 5.32 Å². The fourth-order valence-electron chi connectivity index (χ4n) is 2.45. The molecule has 0 spiro atoms. The van der Waals surface area contributed by atoms with E-state index in [1.54, 1.807) is 13.1 Å². The van der Waals surface area contributed by atoms with E-state index >= 15 is 0 Å². The second kappa shape index (κ2) is 5.67. The van der Waals surface area contributed by atoms with E-state index in [-0.39, 0.29) is 5.91 Å². The summed E-state index contributed by atoms with van der Waals surface area (Å²) in [6.45, 7) is 0. The molecule has 0 bridgehead atoms. The summed E-state index contributed by atoms with van der Waals surface area (Å²) in [5.74, 6) is -0.114. The van der Waals surface area contributed by atoms with Gasteiger partial charge in [0, 0.05) is 24.9 Å². The van der Waals surface area contributed by atoms with Gasteiger partial charge in [-0.15, -0.1) is 0 Å². The molecule has 3 nitrogen and oxygen atoms in total. The molecule has 1 heterocycles. The molecule has 21 heavy (non-hydrogen) atoms. The van der Waals surface area contributed by atoms with Crippen molar-refractivity contribution in [3.63, 3.8) is 0 Å². The highest BCUT2D eigenvalue weighted by molar-refractivity contribution is 6.03. The first-order valence-electron chi connectivity index (χ1n) is 6.85. The molecule has 0 aliphatic carbocycles. The highest BCUT2D eigenvalue weighted by Crippen LogP contribution is 2.29. The number of hydrogen-bond donors (Lipinski definition) is 2. The lowest BCUT2D eigenvalue weighted by atomic mass is 9.96. The third kappa shape index (κ3) is 2.58. The molecule has 0 saturated carbocycles. The van der Waals surface area contributed by atoms with Gasteiger partial charge in [0.2, 0.25) is 5.91 Å². The summed E-state index contributed by atoms with van der Waals surface area (Å²) < 4.78 is 0. The summed E-state index contributed by atoms with van der Waals surface area (Å²) in [7, 11) is 1.64. The Hall–Kier alpha value is -2.81. The maximum Gasteiger partial charge on any atom is 0.244 e. The summed E-state index contributed by atoms with van der Waals surface area (Å²) in [6, 6.07) is 18.1. The van der Waals surface area contributed by atoms with Gasteiger partial charge in [0.1, 0.15) is 0 Å². The van der Waals surface area contributed by atoms with Gasteiger partial charge in [0.25, 0.3) is 0 Å². The van der Waals surface area contributed by atoms with Gasteiger partial charge in [-0.25, -0.2) is 0 Å². The fourth-order valence-corrected chi connectivity index (χ4v) is 2.45. The molecule has 0 aliphatic rings. The molecule has 2 aromatic carbocycles. The lowest BCUT2D eigenvalue weighted by Gasteiger charge is -2.10. The average Bonchev–Trinajstić information content (AvgIpc) is 3.02. The summed E-state index contributed by atoms with van der Waals surface area (Å²) >= 11 is 0. The summed E-state index contributed by atoms with van der Waals surface area (Å²) in [4.78, 5) is 15.1. The molecule has 0 saturated heterocycles. The SMILES string of the molecule is CNC(=O)/C=C(/c1ccccc1)c1cccc2cc[nH]c12. The number of aromatic amines is 1. The number of para-hydroxylation sites is 1. The lowest BCUT2D eigenvalue weighted by Crippen LogP contribution is -2.15. The van der Waals surface area contributed by atoms with Crippen LogP contribution in [0.5, 0.6) is 0 Å². The molecule has 0 unspecified atom stereocenters. The van der Waals surface area contributed by atoms with E-state index in [2.05, 4.69) is 16.4 Å². The van der Waals surface area contributed by atoms with Crippen molar-refractivity contribution in [3.05, 3.63) is 78.0 Å². The van der Waals surface area contributed by atoms with Crippen molar-refractivity contribution in [1.82, 2.24) is 10.3 Å². The van der Waals surface area contributed by atoms with E-state index < -0.39 is 0 Å². The normalized spacial score (nSPS) is 11.6. The zero-order valence-corrected chi connectivity index (χ0v) is 11.8. The summed E-state index contributed by atoms with van der Waals surface area (Å²) in [5.41, 5.74) is 3.98. The van der Waals surface area contributed by atoms with Crippen molar-refractivity contribution >= 4 is 22.4 Å². The molecule has 3 rings (SSSR count). The first-order chi connectivity index (χ1) is 10.3. The van der Waals surface area contributed by atoms with Crippen molar-refractivity contribution in [2.45, 2.75) is 0 Å². The molecule has 1 amide bonds. The Morgan fingerprint density at radius 1 is 1.05 bits per heavy atom. The standard InChI is InChI=1S/C18H16N2O/c1-19-17(21)12-16(13-6-3-2-4-7-13)15-9-5-8-14-10-11-20-18(14)15/h2-12,20H,1H3,(H,19,21)/b16-12-. The third-order valence-electron chi connectivity index (χ3n) is 3.48. The number of carbonyl (C=O) groups excluding carboxylic acids is 1. The number of fused-ring (bicyclic) bond motifs is 1. The highest BCUT2D eigenvalue weighted by Gasteiger charge is 2.11. The fraction of sp³-hybridized carbons (Fsp3) is 0.0556.